The number of para-hydroxylation sites is 1. The molecular formula is C25H35N3O2. The molecule has 0 saturated carbocycles. The Labute approximate surface area is 181 Å². The summed E-state index contributed by atoms with van der Waals surface area (Å²) in [6.07, 6.45) is 8.48. The van der Waals surface area contributed by atoms with Crippen molar-refractivity contribution in [2.75, 3.05) is 31.1 Å². The van der Waals surface area contributed by atoms with Gasteiger partial charge in [0.05, 0.1) is 0 Å². The van der Waals surface area contributed by atoms with Crippen molar-refractivity contribution in [1.82, 2.24) is 9.88 Å². The van der Waals surface area contributed by atoms with Crippen LogP contribution in [-0.4, -0.2) is 47.8 Å². The zero-order chi connectivity index (χ0) is 21.6. The molecule has 0 spiro atoms. The lowest BCUT2D eigenvalue weighted by atomic mass is 10.0. The predicted octanol–water partition coefficient (Wildman–Crippen LogP) is 5.54. The van der Waals surface area contributed by atoms with Crippen LogP contribution < -0.4 is 4.90 Å². The second kappa shape index (κ2) is 9.96. The zero-order valence-corrected chi connectivity index (χ0v) is 18.9. The van der Waals surface area contributed by atoms with Crippen LogP contribution in [-0.2, 0) is 11.2 Å². The molecular weight excluding hydrogens is 374 g/mol. The van der Waals surface area contributed by atoms with Crippen molar-refractivity contribution in [3.63, 3.8) is 0 Å². The van der Waals surface area contributed by atoms with E-state index in [2.05, 4.69) is 47.1 Å². The number of carbonyl (C=O) groups is 1. The van der Waals surface area contributed by atoms with Gasteiger partial charge in [-0.15, -0.1) is 0 Å². The van der Waals surface area contributed by atoms with E-state index in [0.717, 1.165) is 25.1 Å². The molecule has 1 aromatic carbocycles. The van der Waals surface area contributed by atoms with Crippen molar-refractivity contribution >= 4 is 11.8 Å². The second-order valence-corrected chi connectivity index (χ2v) is 9.01. The van der Waals surface area contributed by atoms with Gasteiger partial charge >= 0.3 is 6.09 Å². The zero-order valence-electron chi connectivity index (χ0n) is 18.9. The van der Waals surface area contributed by atoms with Crippen LogP contribution in [0.2, 0.25) is 0 Å². The van der Waals surface area contributed by atoms with Crippen LogP contribution >= 0.6 is 0 Å². The van der Waals surface area contributed by atoms with E-state index in [1.54, 1.807) is 4.90 Å². The number of unbranched alkanes of at least 4 members (excludes halogenated alkanes) is 2. The number of hydrogen-bond acceptors (Lipinski definition) is 4. The molecule has 1 aliphatic rings. The first-order chi connectivity index (χ1) is 14.4. The van der Waals surface area contributed by atoms with Crippen LogP contribution in [0.3, 0.4) is 0 Å². The molecule has 3 rings (SSSR count). The van der Waals surface area contributed by atoms with Crippen LogP contribution in [0.4, 0.5) is 10.5 Å². The fourth-order valence-electron chi connectivity index (χ4n) is 3.80. The summed E-state index contributed by atoms with van der Waals surface area (Å²) < 4.78 is 5.52. The minimum atomic E-state index is -0.462. The molecule has 30 heavy (non-hydrogen) atoms. The highest BCUT2D eigenvalue weighted by molar-refractivity contribution is 5.79. The molecule has 0 N–H and O–H groups in total. The van der Waals surface area contributed by atoms with E-state index < -0.39 is 5.60 Å². The smallest absolute Gasteiger partial charge is 0.410 e. The number of anilines is 1. The van der Waals surface area contributed by atoms with E-state index in [1.165, 1.54) is 36.1 Å². The summed E-state index contributed by atoms with van der Waals surface area (Å²) in [4.78, 5) is 21.0. The van der Waals surface area contributed by atoms with Crippen LogP contribution in [0.25, 0.3) is 11.1 Å². The number of carbonyl (C=O) groups excluding carboxylic acids is 1. The van der Waals surface area contributed by atoms with Gasteiger partial charge < -0.3 is 14.5 Å². The number of benzene rings is 1. The molecule has 1 aromatic heterocycles. The average Bonchev–Trinajstić information content (AvgIpc) is 2.73. The number of nitrogens with zero attached hydrogens (tertiary/aromatic N) is 3. The van der Waals surface area contributed by atoms with Crippen LogP contribution in [0, 0.1) is 0 Å². The third kappa shape index (κ3) is 5.97. The number of ether oxygens (including phenoxy) is 1. The molecule has 5 heteroatoms. The number of hydrogen-bond donors (Lipinski definition) is 0. The maximum atomic E-state index is 12.4. The number of rotatable bonds is 6. The monoisotopic (exact) mass is 409 g/mol. The summed E-state index contributed by atoms with van der Waals surface area (Å²) in [5, 5.41) is 0. The molecule has 0 radical (unpaired) electrons. The molecule has 0 aliphatic carbocycles. The minimum absolute atomic E-state index is 0.223. The second-order valence-electron chi connectivity index (χ2n) is 9.01. The Kier molecular flexibility index (Phi) is 7.35. The summed E-state index contributed by atoms with van der Waals surface area (Å²) in [6.45, 7) is 10.9. The van der Waals surface area contributed by atoms with Gasteiger partial charge in [0, 0.05) is 55.4 Å². The van der Waals surface area contributed by atoms with Crippen LogP contribution in [0.15, 0.2) is 42.7 Å². The Morgan fingerprint density at radius 2 is 1.80 bits per heavy atom. The van der Waals surface area contributed by atoms with E-state index in [1.807, 2.05) is 33.2 Å². The molecule has 1 aliphatic heterocycles. The number of pyridine rings is 1. The molecule has 1 saturated heterocycles. The van der Waals surface area contributed by atoms with E-state index in [-0.39, 0.29) is 6.09 Å². The fourth-order valence-corrected chi connectivity index (χ4v) is 3.80. The van der Waals surface area contributed by atoms with Gasteiger partial charge in [-0.25, -0.2) is 4.79 Å². The standard InChI is InChI=1S/C25H35N3O2/c1-5-6-7-10-20-17-21(19-26-18-20)22-11-8-9-12-23(22)27-13-15-28(16-14-27)24(29)30-25(2,3)4/h8-9,11-12,17-19H,5-7,10,13-16H2,1-4H3. The molecule has 0 atom stereocenters. The first-order valence-electron chi connectivity index (χ1n) is 11.1. The van der Waals surface area contributed by atoms with Gasteiger partial charge in [0.15, 0.2) is 0 Å². The maximum Gasteiger partial charge on any atom is 0.410 e. The Hall–Kier alpha value is -2.56. The van der Waals surface area contributed by atoms with Crippen LogP contribution in [0.5, 0.6) is 0 Å². The Morgan fingerprint density at radius 3 is 2.50 bits per heavy atom. The third-order valence-electron chi connectivity index (χ3n) is 5.35. The topological polar surface area (TPSA) is 45.7 Å². The molecule has 5 nitrogen and oxygen atoms in total. The Balaban J connectivity index is 1.71. The van der Waals surface area contributed by atoms with Gasteiger partial charge in [0.2, 0.25) is 0 Å². The number of aryl methyl sites for hydroxylation is 1. The van der Waals surface area contributed by atoms with Crippen molar-refractivity contribution in [3.05, 3.63) is 48.3 Å². The average molecular weight is 410 g/mol. The molecule has 2 heterocycles. The van der Waals surface area contributed by atoms with Crippen molar-refractivity contribution in [1.29, 1.82) is 0 Å². The van der Waals surface area contributed by atoms with Crippen molar-refractivity contribution in [2.45, 2.75) is 59.0 Å². The van der Waals surface area contributed by atoms with Gasteiger partial charge in [0.1, 0.15) is 5.60 Å². The highest BCUT2D eigenvalue weighted by Crippen LogP contribution is 2.32. The summed E-state index contributed by atoms with van der Waals surface area (Å²) >= 11 is 0. The molecule has 0 unspecified atom stereocenters. The summed E-state index contributed by atoms with van der Waals surface area (Å²) in [5.41, 5.74) is 4.40. The fraction of sp³-hybridized carbons (Fsp3) is 0.520. The normalized spacial score (nSPS) is 14.7. The highest BCUT2D eigenvalue weighted by atomic mass is 16.6. The largest absolute Gasteiger partial charge is 0.444 e. The minimum Gasteiger partial charge on any atom is -0.444 e. The highest BCUT2D eigenvalue weighted by Gasteiger charge is 2.26. The SMILES string of the molecule is CCCCCc1cncc(-c2ccccc2N2CCN(C(=O)OC(C)(C)C)CC2)c1. The summed E-state index contributed by atoms with van der Waals surface area (Å²) in [5.74, 6) is 0. The molecule has 2 aromatic rings. The Bertz CT molecular complexity index is 836. The molecule has 162 valence electrons. The van der Waals surface area contributed by atoms with E-state index in [9.17, 15) is 4.79 Å². The molecule has 1 amide bonds. The molecule has 1 fully saturated rings. The lowest BCUT2D eigenvalue weighted by Crippen LogP contribution is -2.50. The lowest BCUT2D eigenvalue weighted by Gasteiger charge is -2.37. The first kappa shape index (κ1) is 22.1. The van der Waals surface area contributed by atoms with Gasteiger partial charge in [0.25, 0.3) is 0 Å². The van der Waals surface area contributed by atoms with Gasteiger partial charge in [-0.3, -0.25) is 4.98 Å². The number of aromatic nitrogens is 1. The van der Waals surface area contributed by atoms with E-state index in [4.69, 9.17) is 4.74 Å². The Morgan fingerprint density at radius 1 is 1.07 bits per heavy atom. The van der Waals surface area contributed by atoms with Crippen molar-refractivity contribution in [3.8, 4) is 11.1 Å². The quantitative estimate of drug-likeness (QED) is 0.588. The van der Waals surface area contributed by atoms with Crippen molar-refractivity contribution < 1.29 is 9.53 Å². The van der Waals surface area contributed by atoms with E-state index >= 15 is 0 Å². The predicted molar refractivity (Wildman–Crippen MR) is 123 cm³/mol. The first-order valence-corrected chi connectivity index (χ1v) is 11.1. The molecule has 0 bridgehead atoms. The lowest BCUT2D eigenvalue weighted by molar-refractivity contribution is 0.0240. The van der Waals surface area contributed by atoms with E-state index in [0.29, 0.717) is 13.1 Å². The number of amides is 1. The summed E-state index contributed by atoms with van der Waals surface area (Å²) in [6, 6.07) is 10.8. The van der Waals surface area contributed by atoms with Crippen molar-refractivity contribution in [2.24, 2.45) is 0 Å². The van der Waals surface area contributed by atoms with Gasteiger partial charge in [-0.2, -0.15) is 0 Å². The van der Waals surface area contributed by atoms with Crippen LogP contribution in [0.1, 0.15) is 52.5 Å². The van der Waals surface area contributed by atoms with Gasteiger partial charge in [-0.1, -0.05) is 38.0 Å². The third-order valence-corrected chi connectivity index (χ3v) is 5.35. The maximum absolute atomic E-state index is 12.4. The summed E-state index contributed by atoms with van der Waals surface area (Å²) in [7, 11) is 0. The van der Waals surface area contributed by atoms with Gasteiger partial charge in [-0.05, 0) is 51.3 Å². The number of piperazine rings is 1.